The van der Waals surface area contributed by atoms with Gasteiger partial charge >= 0.3 is 6.36 Å². The molecule has 2 aromatic carbocycles. The van der Waals surface area contributed by atoms with Gasteiger partial charge in [-0.25, -0.2) is 8.42 Å². The summed E-state index contributed by atoms with van der Waals surface area (Å²) < 4.78 is 64.0. The number of allylic oxidation sites excluding steroid dienone is 1. The molecule has 2 aromatic rings. The fraction of sp³-hybridized carbons (Fsp3) is 0.0625. The molecule has 0 radical (unpaired) electrons. The Morgan fingerprint density at radius 1 is 0.958 bits per heavy atom. The normalized spacial score (nSPS) is 12.3. The van der Waals surface area contributed by atoms with Crippen molar-refractivity contribution in [2.75, 3.05) is 0 Å². The van der Waals surface area contributed by atoms with E-state index in [4.69, 9.17) is 0 Å². The molecule has 8 heteroatoms. The number of sulfone groups is 1. The molecule has 0 aliphatic carbocycles. The van der Waals surface area contributed by atoms with Crippen LogP contribution in [-0.4, -0.2) is 20.6 Å². The molecular weight excluding hydrogens is 345 g/mol. The Hall–Kier alpha value is -2.61. The first-order valence-corrected chi connectivity index (χ1v) is 8.10. The van der Waals surface area contributed by atoms with Gasteiger partial charge in [0.15, 0.2) is 15.6 Å². The van der Waals surface area contributed by atoms with Crippen molar-refractivity contribution in [3.8, 4) is 5.75 Å². The summed E-state index contributed by atoms with van der Waals surface area (Å²) in [6.45, 7) is 0. The highest BCUT2D eigenvalue weighted by molar-refractivity contribution is 7.94. The van der Waals surface area contributed by atoms with E-state index in [1.54, 1.807) is 18.2 Å². The number of halogens is 3. The van der Waals surface area contributed by atoms with Crippen LogP contribution in [0.2, 0.25) is 0 Å². The molecule has 0 heterocycles. The number of carbonyl (C=O) groups is 1. The van der Waals surface area contributed by atoms with Gasteiger partial charge in [-0.05, 0) is 30.3 Å². The predicted octanol–water partition coefficient (Wildman–Crippen LogP) is 3.76. The number of alkyl halides is 3. The highest BCUT2D eigenvalue weighted by Gasteiger charge is 2.31. The van der Waals surface area contributed by atoms with Gasteiger partial charge < -0.3 is 4.74 Å². The molecule has 0 atom stereocenters. The first kappa shape index (κ1) is 17.7. The zero-order valence-corrected chi connectivity index (χ0v) is 12.8. The van der Waals surface area contributed by atoms with Crippen molar-refractivity contribution in [3.05, 3.63) is 71.6 Å². The third-order valence-corrected chi connectivity index (χ3v) is 4.27. The van der Waals surface area contributed by atoms with E-state index in [-0.39, 0.29) is 4.90 Å². The number of hydrogen-bond acceptors (Lipinski definition) is 4. The maximum atomic E-state index is 12.1. The Labute approximate surface area is 136 Å². The molecule has 0 amide bonds. The molecule has 24 heavy (non-hydrogen) atoms. The van der Waals surface area contributed by atoms with Crippen LogP contribution in [-0.2, 0) is 9.84 Å². The number of benzene rings is 2. The first-order chi connectivity index (χ1) is 11.2. The largest absolute Gasteiger partial charge is 0.573 e. The topological polar surface area (TPSA) is 60.4 Å². The van der Waals surface area contributed by atoms with Crippen LogP contribution in [0.25, 0.3) is 0 Å². The fourth-order valence-electron chi connectivity index (χ4n) is 1.76. The van der Waals surface area contributed by atoms with Gasteiger partial charge in [0.25, 0.3) is 0 Å². The van der Waals surface area contributed by atoms with Gasteiger partial charge in [-0.1, -0.05) is 30.3 Å². The molecule has 126 valence electrons. The predicted molar refractivity (Wildman–Crippen MR) is 80.2 cm³/mol. The zero-order valence-electron chi connectivity index (χ0n) is 12.0. The van der Waals surface area contributed by atoms with Crippen LogP contribution in [0.4, 0.5) is 13.2 Å². The zero-order chi connectivity index (χ0) is 17.8. The van der Waals surface area contributed by atoms with Crippen LogP contribution >= 0.6 is 0 Å². The van der Waals surface area contributed by atoms with Gasteiger partial charge in [0.2, 0.25) is 0 Å². The minimum atomic E-state index is -4.86. The van der Waals surface area contributed by atoms with Crippen LogP contribution in [0.3, 0.4) is 0 Å². The van der Waals surface area contributed by atoms with Crippen molar-refractivity contribution in [2.45, 2.75) is 11.3 Å². The molecule has 4 nitrogen and oxygen atoms in total. The lowest BCUT2D eigenvalue weighted by atomic mass is 10.1. The maximum Gasteiger partial charge on any atom is 0.573 e. The molecule has 2 rings (SSSR count). The Morgan fingerprint density at radius 2 is 1.54 bits per heavy atom. The lowest BCUT2D eigenvalue weighted by Gasteiger charge is -2.08. The van der Waals surface area contributed by atoms with Gasteiger partial charge in [-0.15, -0.1) is 13.2 Å². The molecule has 0 aliphatic rings. The van der Waals surface area contributed by atoms with Crippen LogP contribution in [0.5, 0.6) is 5.75 Å². The standard InChI is InChI=1S/C16H11F3O4S/c17-16(18,19)23-13-6-8-14(9-7-13)24(21,22)11-10-15(20)12-4-2-1-3-5-12/h1-11H/b11-10+. The summed E-state index contributed by atoms with van der Waals surface area (Å²) in [5.41, 5.74) is 0.317. The Balaban J connectivity index is 2.15. The molecule has 0 N–H and O–H groups in total. The minimum Gasteiger partial charge on any atom is -0.406 e. The van der Waals surface area contributed by atoms with Crippen molar-refractivity contribution < 1.29 is 31.1 Å². The second-order valence-corrected chi connectivity index (χ2v) is 6.43. The third kappa shape index (κ3) is 4.95. The summed E-state index contributed by atoms with van der Waals surface area (Å²) in [6.07, 6.45) is -3.97. The average Bonchev–Trinajstić information content (AvgIpc) is 2.52. The number of ether oxygens (including phenoxy) is 1. The smallest absolute Gasteiger partial charge is 0.406 e. The van der Waals surface area contributed by atoms with Gasteiger partial charge in [0, 0.05) is 11.0 Å². The van der Waals surface area contributed by atoms with E-state index in [0.29, 0.717) is 11.0 Å². The van der Waals surface area contributed by atoms with Crippen LogP contribution in [0.15, 0.2) is 71.0 Å². The quantitative estimate of drug-likeness (QED) is 0.605. The monoisotopic (exact) mass is 356 g/mol. The molecule has 0 unspecified atom stereocenters. The van der Waals surface area contributed by atoms with Crippen LogP contribution < -0.4 is 4.74 Å². The highest BCUT2D eigenvalue weighted by atomic mass is 32.2. The lowest BCUT2D eigenvalue weighted by molar-refractivity contribution is -0.274. The number of carbonyl (C=O) groups excluding carboxylic acids is 1. The third-order valence-electron chi connectivity index (χ3n) is 2.84. The van der Waals surface area contributed by atoms with Crippen molar-refractivity contribution in [1.82, 2.24) is 0 Å². The summed E-state index contributed by atoms with van der Waals surface area (Å²) in [5, 5.41) is 0.710. The molecule has 0 spiro atoms. The van der Waals surface area contributed by atoms with Crippen LogP contribution in [0, 0.1) is 0 Å². The van der Waals surface area contributed by atoms with Crippen molar-refractivity contribution in [3.63, 3.8) is 0 Å². The maximum absolute atomic E-state index is 12.1. The second kappa shape index (κ2) is 6.88. The Morgan fingerprint density at radius 3 is 2.08 bits per heavy atom. The summed E-state index contributed by atoms with van der Waals surface area (Å²) in [4.78, 5) is 11.6. The van der Waals surface area contributed by atoms with Gasteiger partial charge in [-0.3, -0.25) is 4.79 Å². The van der Waals surface area contributed by atoms with E-state index in [1.807, 2.05) is 0 Å². The summed E-state index contributed by atoms with van der Waals surface area (Å²) in [5.74, 6) is -1.04. The second-order valence-electron chi connectivity index (χ2n) is 4.60. The van der Waals surface area contributed by atoms with Crippen molar-refractivity contribution in [1.29, 1.82) is 0 Å². The molecule has 0 bridgehead atoms. The van der Waals surface area contributed by atoms with Crippen molar-refractivity contribution >= 4 is 15.6 Å². The number of hydrogen-bond donors (Lipinski definition) is 0. The Bertz CT molecular complexity index is 839. The average molecular weight is 356 g/mol. The Kier molecular flexibility index (Phi) is 5.08. The molecule has 0 aliphatic heterocycles. The van der Waals surface area contributed by atoms with E-state index < -0.39 is 27.7 Å². The van der Waals surface area contributed by atoms with E-state index in [2.05, 4.69) is 4.74 Å². The number of rotatable bonds is 5. The van der Waals surface area contributed by atoms with E-state index >= 15 is 0 Å². The molecular formula is C16H11F3O4S. The minimum absolute atomic E-state index is 0.255. The van der Waals surface area contributed by atoms with Crippen molar-refractivity contribution in [2.24, 2.45) is 0 Å². The lowest BCUT2D eigenvalue weighted by Crippen LogP contribution is -2.17. The SMILES string of the molecule is O=C(/C=C/S(=O)(=O)c1ccc(OC(F)(F)F)cc1)c1ccccc1. The molecule has 0 saturated heterocycles. The number of ketones is 1. The first-order valence-electron chi connectivity index (χ1n) is 6.56. The molecule has 0 aromatic heterocycles. The summed E-state index contributed by atoms with van der Waals surface area (Å²) in [7, 11) is -3.96. The van der Waals surface area contributed by atoms with E-state index in [0.717, 1.165) is 30.3 Å². The van der Waals surface area contributed by atoms with E-state index in [9.17, 15) is 26.4 Å². The molecule has 0 fully saturated rings. The molecule has 0 saturated carbocycles. The van der Waals surface area contributed by atoms with Gasteiger partial charge in [0.1, 0.15) is 5.75 Å². The van der Waals surface area contributed by atoms with E-state index in [1.165, 1.54) is 12.1 Å². The van der Waals surface area contributed by atoms with Gasteiger partial charge in [-0.2, -0.15) is 0 Å². The van der Waals surface area contributed by atoms with Gasteiger partial charge in [0.05, 0.1) is 4.90 Å². The highest BCUT2D eigenvalue weighted by Crippen LogP contribution is 2.24. The fourth-order valence-corrected chi connectivity index (χ4v) is 2.73. The summed E-state index contributed by atoms with van der Waals surface area (Å²) in [6, 6.07) is 11.7. The summed E-state index contributed by atoms with van der Waals surface area (Å²) >= 11 is 0. The van der Waals surface area contributed by atoms with Crippen LogP contribution in [0.1, 0.15) is 10.4 Å².